The minimum Gasteiger partial charge on any atom is -0.466 e. The number of hydrogen-bond donors (Lipinski definition) is 1. The Kier molecular flexibility index (Phi) is 6.45. The maximum atomic E-state index is 12.2. The molecule has 6 nitrogen and oxygen atoms in total. The number of carbonyl (C=O) groups excluding carboxylic acids is 3. The maximum Gasteiger partial charge on any atom is 0.313 e. The number of nitrogens with zero attached hydrogens (tertiary/aromatic N) is 1. The minimum atomic E-state index is -0.761. The second-order valence-corrected chi connectivity index (χ2v) is 6.30. The molecule has 2 amide bonds. The highest BCUT2D eigenvalue weighted by Gasteiger charge is 2.30. The fraction of sp³-hybridized carbons (Fsp3) is 0.438. The van der Waals surface area contributed by atoms with E-state index in [-0.39, 0.29) is 11.9 Å². The van der Waals surface area contributed by atoms with Crippen LogP contribution in [0.3, 0.4) is 0 Å². The molecule has 0 saturated carbocycles. The van der Waals surface area contributed by atoms with Crippen LogP contribution in [-0.4, -0.2) is 42.4 Å². The molecule has 24 heavy (non-hydrogen) atoms. The average Bonchev–Trinajstić information content (AvgIpc) is 2.53. The number of carbonyl (C=O) groups is 3. The third-order valence-corrected chi connectivity index (χ3v) is 4.15. The molecule has 1 aromatic carbocycles. The lowest BCUT2D eigenvalue weighted by Gasteiger charge is -2.30. The van der Waals surface area contributed by atoms with Gasteiger partial charge in [0.15, 0.2) is 0 Å². The molecule has 0 spiro atoms. The molecule has 1 fully saturated rings. The highest BCUT2D eigenvalue weighted by Crippen LogP contribution is 2.23. The molecule has 0 aromatic heterocycles. The molecule has 130 valence electrons. The van der Waals surface area contributed by atoms with Crippen molar-refractivity contribution in [3.05, 3.63) is 28.2 Å². The van der Waals surface area contributed by atoms with Crippen LogP contribution in [0.4, 0.5) is 5.69 Å². The van der Waals surface area contributed by atoms with Crippen LogP contribution in [0.1, 0.15) is 19.8 Å². The topological polar surface area (TPSA) is 75.7 Å². The predicted molar refractivity (Wildman–Crippen MR) is 91.0 cm³/mol. The minimum absolute atomic E-state index is 0.219. The van der Waals surface area contributed by atoms with Crippen molar-refractivity contribution in [2.75, 3.05) is 25.0 Å². The Labute approximate surface area is 150 Å². The van der Waals surface area contributed by atoms with E-state index in [0.717, 1.165) is 0 Å². The molecule has 0 atom stereocenters. The van der Waals surface area contributed by atoms with Gasteiger partial charge in [0.1, 0.15) is 0 Å². The Balaban J connectivity index is 1.90. The summed E-state index contributed by atoms with van der Waals surface area (Å²) >= 11 is 11.7. The highest BCUT2D eigenvalue weighted by atomic mass is 35.5. The molecule has 1 N–H and O–H groups in total. The zero-order valence-electron chi connectivity index (χ0n) is 13.2. The Morgan fingerprint density at radius 2 is 1.75 bits per heavy atom. The van der Waals surface area contributed by atoms with Gasteiger partial charge < -0.3 is 15.0 Å². The molecule has 1 aliphatic heterocycles. The molecule has 1 aromatic rings. The Bertz CT molecular complexity index is 623. The van der Waals surface area contributed by atoms with Crippen LogP contribution in [0.15, 0.2) is 18.2 Å². The quantitative estimate of drug-likeness (QED) is 0.653. The van der Waals surface area contributed by atoms with Gasteiger partial charge in [0.25, 0.3) is 0 Å². The zero-order chi connectivity index (χ0) is 17.7. The zero-order valence-corrected chi connectivity index (χ0v) is 14.7. The van der Waals surface area contributed by atoms with E-state index in [4.69, 9.17) is 27.9 Å². The molecule has 1 heterocycles. The Morgan fingerprint density at radius 3 is 2.29 bits per heavy atom. The first-order valence-corrected chi connectivity index (χ1v) is 8.39. The SMILES string of the molecule is CCOC(=O)C1CCN(C(=O)C(=O)Nc2cc(Cl)cc(Cl)c2)CC1. The summed E-state index contributed by atoms with van der Waals surface area (Å²) in [5, 5.41) is 3.21. The van der Waals surface area contributed by atoms with Crippen molar-refractivity contribution in [2.24, 2.45) is 5.92 Å². The van der Waals surface area contributed by atoms with Gasteiger partial charge in [0.2, 0.25) is 0 Å². The standard InChI is InChI=1S/C16H18Cl2N2O4/c1-2-24-16(23)10-3-5-20(6-4-10)15(22)14(21)19-13-8-11(17)7-12(18)9-13/h7-10H,2-6H2,1H3,(H,19,21). The van der Waals surface area contributed by atoms with Crippen LogP contribution >= 0.6 is 23.2 Å². The van der Waals surface area contributed by atoms with Gasteiger partial charge in [-0.3, -0.25) is 14.4 Å². The Hall–Kier alpha value is -1.79. The van der Waals surface area contributed by atoms with Crippen molar-refractivity contribution in [2.45, 2.75) is 19.8 Å². The van der Waals surface area contributed by atoms with Crippen molar-refractivity contribution >= 4 is 46.7 Å². The summed E-state index contributed by atoms with van der Waals surface area (Å²) in [5.41, 5.74) is 0.354. The molecule has 0 bridgehead atoms. The average molecular weight is 373 g/mol. The number of esters is 1. The number of rotatable bonds is 3. The highest BCUT2D eigenvalue weighted by molar-refractivity contribution is 6.40. The lowest BCUT2D eigenvalue weighted by atomic mass is 9.97. The van der Waals surface area contributed by atoms with Crippen molar-refractivity contribution in [3.63, 3.8) is 0 Å². The number of amides is 2. The maximum absolute atomic E-state index is 12.2. The van der Waals surface area contributed by atoms with Crippen LogP contribution in [0.2, 0.25) is 10.0 Å². The first-order valence-electron chi connectivity index (χ1n) is 7.63. The van der Waals surface area contributed by atoms with E-state index in [2.05, 4.69) is 5.32 Å². The van der Waals surface area contributed by atoms with Gasteiger partial charge in [-0.15, -0.1) is 0 Å². The summed E-state index contributed by atoms with van der Waals surface area (Å²) in [6, 6.07) is 4.54. The van der Waals surface area contributed by atoms with E-state index in [1.165, 1.54) is 23.1 Å². The molecular weight excluding hydrogens is 355 g/mol. The first-order chi connectivity index (χ1) is 11.4. The van der Waals surface area contributed by atoms with Crippen LogP contribution in [-0.2, 0) is 19.1 Å². The molecular formula is C16H18Cl2N2O4. The number of hydrogen-bond acceptors (Lipinski definition) is 4. The number of benzene rings is 1. The van der Waals surface area contributed by atoms with Gasteiger partial charge in [0, 0.05) is 28.8 Å². The summed E-state index contributed by atoms with van der Waals surface area (Å²) in [6.45, 7) is 2.77. The van der Waals surface area contributed by atoms with Crippen LogP contribution in [0.5, 0.6) is 0 Å². The number of anilines is 1. The van der Waals surface area contributed by atoms with Gasteiger partial charge in [-0.2, -0.15) is 0 Å². The fourth-order valence-electron chi connectivity index (χ4n) is 2.53. The molecule has 0 radical (unpaired) electrons. The van der Waals surface area contributed by atoms with E-state index in [0.29, 0.717) is 48.3 Å². The molecule has 0 unspecified atom stereocenters. The van der Waals surface area contributed by atoms with E-state index < -0.39 is 11.8 Å². The van der Waals surface area contributed by atoms with Gasteiger partial charge >= 0.3 is 17.8 Å². The van der Waals surface area contributed by atoms with Gasteiger partial charge in [0.05, 0.1) is 12.5 Å². The molecule has 1 saturated heterocycles. The number of likely N-dealkylation sites (tertiary alicyclic amines) is 1. The normalized spacial score (nSPS) is 15.0. The monoisotopic (exact) mass is 372 g/mol. The van der Waals surface area contributed by atoms with Crippen LogP contribution in [0, 0.1) is 5.92 Å². The van der Waals surface area contributed by atoms with Gasteiger partial charge in [-0.25, -0.2) is 0 Å². The van der Waals surface area contributed by atoms with E-state index in [9.17, 15) is 14.4 Å². The van der Waals surface area contributed by atoms with Crippen molar-refractivity contribution in [1.29, 1.82) is 0 Å². The van der Waals surface area contributed by atoms with Crippen molar-refractivity contribution in [1.82, 2.24) is 4.90 Å². The van der Waals surface area contributed by atoms with Gasteiger partial charge in [-0.1, -0.05) is 23.2 Å². The van der Waals surface area contributed by atoms with Crippen LogP contribution in [0.25, 0.3) is 0 Å². The number of nitrogens with one attached hydrogen (secondary N) is 1. The number of halogens is 2. The largest absolute Gasteiger partial charge is 0.466 e. The van der Waals surface area contributed by atoms with E-state index in [1.807, 2.05) is 0 Å². The van der Waals surface area contributed by atoms with Crippen molar-refractivity contribution in [3.8, 4) is 0 Å². The lowest BCUT2D eigenvalue weighted by Crippen LogP contribution is -2.45. The number of piperidine rings is 1. The summed E-state index contributed by atoms with van der Waals surface area (Å²) in [5.74, 6) is -1.87. The predicted octanol–water partition coefficient (Wildman–Crippen LogP) is 2.73. The summed E-state index contributed by atoms with van der Waals surface area (Å²) in [4.78, 5) is 37.4. The first kappa shape index (κ1) is 18.5. The summed E-state index contributed by atoms with van der Waals surface area (Å²) in [7, 11) is 0. The third kappa shape index (κ3) is 4.85. The number of ether oxygens (including phenoxy) is 1. The Morgan fingerprint density at radius 1 is 1.17 bits per heavy atom. The molecule has 1 aliphatic rings. The van der Waals surface area contributed by atoms with Gasteiger partial charge in [-0.05, 0) is 38.0 Å². The van der Waals surface area contributed by atoms with E-state index >= 15 is 0 Å². The molecule has 0 aliphatic carbocycles. The smallest absolute Gasteiger partial charge is 0.313 e. The second kappa shape index (κ2) is 8.35. The second-order valence-electron chi connectivity index (χ2n) is 5.43. The molecule has 2 rings (SSSR count). The van der Waals surface area contributed by atoms with Crippen molar-refractivity contribution < 1.29 is 19.1 Å². The van der Waals surface area contributed by atoms with E-state index in [1.54, 1.807) is 6.92 Å². The summed E-state index contributed by atoms with van der Waals surface area (Å²) in [6.07, 6.45) is 0.974. The third-order valence-electron chi connectivity index (χ3n) is 3.72. The van der Waals surface area contributed by atoms with Crippen LogP contribution < -0.4 is 5.32 Å². The molecule has 8 heteroatoms. The fourth-order valence-corrected chi connectivity index (χ4v) is 3.06. The lowest BCUT2D eigenvalue weighted by molar-refractivity contribution is -0.152. The summed E-state index contributed by atoms with van der Waals surface area (Å²) < 4.78 is 4.98.